The van der Waals surface area contributed by atoms with Crippen LogP contribution in [-0.2, 0) is 11.3 Å². The fourth-order valence-electron chi connectivity index (χ4n) is 2.51. The Morgan fingerprint density at radius 1 is 1.30 bits per heavy atom. The van der Waals surface area contributed by atoms with Crippen molar-refractivity contribution >= 4 is 29.4 Å². The van der Waals surface area contributed by atoms with Gasteiger partial charge in [-0.25, -0.2) is 4.39 Å². The van der Waals surface area contributed by atoms with Crippen molar-refractivity contribution in [2.24, 2.45) is 0 Å². The van der Waals surface area contributed by atoms with Crippen molar-refractivity contribution in [3.05, 3.63) is 40.4 Å². The maximum Gasteiger partial charge on any atom is 0.253 e. The standard InChI is InChI=1S/C17H20ClFN6O2/c1-24(2)16-21-14(22-17(23-16)25-5-7-27-8-6-25)10-20-15(26)12-4-3-11(19)9-13(12)18/h3-4,9H,5-8,10H2,1-2H3,(H,20,26). The Bertz CT molecular complexity index is 829. The van der Waals surface area contributed by atoms with Crippen LogP contribution >= 0.6 is 11.6 Å². The molecule has 1 N–H and O–H groups in total. The molecular formula is C17H20ClFN6O2. The minimum atomic E-state index is -0.500. The second-order valence-corrected chi connectivity index (χ2v) is 6.56. The number of nitrogens with one attached hydrogen (secondary N) is 1. The van der Waals surface area contributed by atoms with Gasteiger partial charge >= 0.3 is 0 Å². The molecule has 27 heavy (non-hydrogen) atoms. The maximum atomic E-state index is 13.1. The van der Waals surface area contributed by atoms with Crippen LogP contribution in [0.3, 0.4) is 0 Å². The van der Waals surface area contributed by atoms with Gasteiger partial charge in [0.05, 0.1) is 30.3 Å². The molecule has 1 aliphatic heterocycles. The van der Waals surface area contributed by atoms with E-state index in [2.05, 4.69) is 20.3 Å². The second-order valence-electron chi connectivity index (χ2n) is 6.15. The Hall–Kier alpha value is -2.52. The summed E-state index contributed by atoms with van der Waals surface area (Å²) in [6, 6.07) is 3.62. The van der Waals surface area contributed by atoms with Gasteiger partial charge in [0.1, 0.15) is 5.82 Å². The summed E-state index contributed by atoms with van der Waals surface area (Å²) in [6.07, 6.45) is 0. The van der Waals surface area contributed by atoms with E-state index >= 15 is 0 Å². The van der Waals surface area contributed by atoms with Gasteiger partial charge in [0, 0.05) is 27.2 Å². The summed E-state index contributed by atoms with van der Waals surface area (Å²) in [6.45, 7) is 2.69. The first-order valence-electron chi connectivity index (χ1n) is 8.42. The first-order valence-corrected chi connectivity index (χ1v) is 8.80. The van der Waals surface area contributed by atoms with Gasteiger partial charge in [-0.2, -0.15) is 15.0 Å². The predicted octanol–water partition coefficient (Wildman–Crippen LogP) is 1.50. The van der Waals surface area contributed by atoms with Crippen molar-refractivity contribution < 1.29 is 13.9 Å². The number of carbonyl (C=O) groups excluding carboxylic acids is 1. The molecule has 0 saturated carbocycles. The molecule has 8 nitrogen and oxygen atoms in total. The molecule has 1 fully saturated rings. The Morgan fingerprint density at radius 3 is 2.70 bits per heavy atom. The SMILES string of the molecule is CN(C)c1nc(CNC(=O)c2ccc(F)cc2Cl)nc(N2CCOCC2)n1. The summed E-state index contributed by atoms with van der Waals surface area (Å²) >= 11 is 5.93. The molecule has 0 bridgehead atoms. The van der Waals surface area contributed by atoms with E-state index < -0.39 is 11.7 Å². The number of anilines is 2. The number of halogens is 2. The van der Waals surface area contributed by atoms with Crippen LogP contribution in [0.15, 0.2) is 18.2 Å². The average molecular weight is 395 g/mol. The number of amides is 1. The first kappa shape index (κ1) is 19.2. The number of nitrogens with zero attached hydrogens (tertiary/aromatic N) is 5. The first-order chi connectivity index (χ1) is 12.9. The van der Waals surface area contributed by atoms with E-state index in [1.807, 2.05) is 19.0 Å². The molecule has 144 valence electrons. The number of ether oxygens (including phenoxy) is 1. The van der Waals surface area contributed by atoms with Crippen molar-refractivity contribution in [2.75, 3.05) is 50.2 Å². The molecule has 3 rings (SSSR count). The van der Waals surface area contributed by atoms with E-state index in [4.69, 9.17) is 16.3 Å². The van der Waals surface area contributed by atoms with Gasteiger partial charge in [-0.05, 0) is 18.2 Å². The highest BCUT2D eigenvalue weighted by atomic mass is 35.5. The molecular weight excluding hydrogens is 375 g/mol. The monoisotopic (exact) mass is 394 g/mol. The summed E-state index contributed by atoms with van der Waals surface area (Å²) < 4.78 is 18.5. The van der Waals surface area contributed by atoms with Crippen molar-refractivity contribution in [1.29, 1.82) is 0 Å². The molecule has 0 spiro atoms. The van der Waals surface area contributed by atoms with Gasteiger partial charge in [0.15, 0.2) is 5.82 Å². The Morgan fingerprint density at radius 2 is 2.04 bits per heavy atom. The lowest BCUT2D eigenvalue weighted by molar-refractivity contribution is 0.0950. The maximum absolute atomic E-state index is 13.1. The fourth-order valence-corrected chi connectivity index (χ4v) is 2.76. The lowest BCUT2D eigenvalue weighted by Crippen LogP contribution is -2.38. The Balaban J connectivity index is 1.76. The smallest absolute Gasteiger partial charge is 0.253 e. The van der Waals surface area contributed by atoms with Crippen LogP contribution in [0.5, 0.6) is 0 Å². The van der Waals surface area contributed by atoms with Gasteiger partial charge in [-0.1, -0.05) is 11.6 Å². The van der Waals surface area contributed by atoms with E-state index in [9.17, 15) is 9.18 Å². The number of hydrogen-bond donors (Lipinski definition) is 1. The summed E-state index contributed by atoms with van der Waals surface area (Å²) in [5.74, 6) is 0.526. The number of hydrogen-bond acceptors (Lipinski definition) is 7. The third kappa shape index (κ3) is 4.81. The molecule has 0 unspecified atom stereocenters. The zero-order chi connectivity index (χ0) is 19.4. The van der Waals surface area contributed by atoms with E-state index in [1.54, 1.807) is 4.90 Å². The highest BCUT2D eigenvalue weighted by molar-refractivity contribution is 6.33. The normalized spacial score (nSPS) is 14.1. The van der Waals surface area contributed by atoms with E-state index in [0.717, 1.165) is 6.07 Å². The van der Waals surface area contributed by atoms with Crippen LogP contribution in [0.2, 0.25) is 5.02 Å². The Kier molecular flexibility index (Phi) is 6.02. The highest BCUT2D eigenvalue weighted by Gasteiger charge is 2.18. The van der Waals surface area contributed by atoms with Gasteiger partial charge in [0.2, 0.25) is 11.9 Å². The van der Waals surface area contributed by atoms with Crippen molar-refractivity contribution in [3.8, 4) is 0 Å². The molecule has 2 heterocycles. The lowest BCUT2D eigenvalue weighted by Gasteiger charge is -2.27. The topological polar surface area (TPSA) is 83.5 Å². The Labute approximate surface area is 161 Å². The number of aromatic nitrogens is 3. The molecule has 2 aromatic rings. The average Bonchev–Trinajstić information content (AvgIpc) is 2.66. The molecule has 1 saturated heterocycles. The molecule has 1 aliphatic rings. The number of morpholine rings is 1. The van der Waals surface area contributed by atoms with E-state index in [-0.39, 0.29) is 17.1 Å². The van der Waals surface area contributed by atoms with Crippen LogP contribution in [0.4, 0.5) is 16.3 Å². The predicted molar refractivity (Wildman–Crippen MR) is 99.8 cm³/mol. The minimum Gasteiger partial charge on any atom is -0.378 e. The largest absolute Gasteiger partial charge is 0.378 e. The molecule has 1 amide bonds. The van der Waals surface area contributed by atoms with Gasteiger partial charge in [-0.15, -0.1) is 0 Å². The second kappa shape index (κ2) is 8.45. The van der Waals surface area contributed by atoms with Crippen molar-refractivity contribution in [1.82, 2.24) is 20.3 Å². The molecule has 0 atom stereocenters. The van der Waals surface area contributed by atoms with Gasteiger partial charge in [-0.3, -0.25) is 4.79 Å². The fraction of sp³-hybridized carbons (Fsp3) is 0.412. The summed E-state index contributed by atoms with van der Waals surface area (Å²) in [7, 11) is 3.66. The molecule has 0 radical (unpaired) electrons. The lowest BCUT2D eigenvalue weighted by atomic mass is 10.2. The van der Waals surface area contributed by atoms with Crippen LogP contribution < -0.4 is 15.1 Å². The molecule has 10 heteroatoms. The van der Waals surface area contributed by atoms with Gasteiger partial charge in [0.25, 0.3) is 5.91 Å². The minimum absolute atomic E-state index is 0.0473. The summed E-state index contributed by atoms with van der Waals surface area (Å²) in [4.78, 5) is 29.4. The molecule has 1 aromatic carbocycles. The molecule has 1 aromatic heterocycles. The summed E-state index contributed by atoms with van der Waals surface area (Å²) in [5.41, 5.74) is 0.188. The number of benzene rings is 1. The van der Waals surface area contributed by atoms with E-state index in [0.29, 0.717) is 44.0 Å². The molecule has 0 aliphatic carbocycles. The number of carbonyl (C=O) groups is 1. The van der Waals surface area contributed by atoms with Crippen molar-refractivity contribution in [2.45, 2.75) is 6.54 Å². The van der Waals surface area contributed by atoms with E-state index in [1.165, 1.54) is 12.1 Å². The summed E-state index contributed by atoms with van der Waals surface area (Å²) in [5, 5.41) is 2.76. The highest BCUT2D eigenvalue weighted by Crippen LogP contribution is 2.18. The van der Waals surface area contributed by atoms with Crippen LogP contribution in [0.1, 0.15) is 16.2 Å². The zero-order valence-corrected chi connectivity index (χ0v) is 15.8. The number of rotatable bonds is 5. The van der Waals surface area contributed by atoms with Crippen LogP contribution in [-0.4, -0.2) is 61.3 Å². The van der Waals surface area contributed by atoms with Crippen LogP contribution in [0.25, 0.3) is 0 Å². The third-order valence-electron chi connectivity index (χ3n) is 3.93. The quantitative estimate of drug-likeness (QED) is 0.822. The van der Waals surface area contributed by atoms with Crippen LogP contribution in [0, 0.1) is 5.82 Å². The zero-order valence-electron chi connectivity index (χ0n) is 15.1. The third-order valence-corrected chi connectivity index (χ3v) is 4.25. The van der Waals surface area contributed by atoms with Gasteiger partial charge < -0.3 is 19.9 Å². The van der Waals surface area contributed by atoms with Crippen molar-refractivity contribution in [3.63, 3.8) is 0 Å².